The van der Waals surface area contributed by atoms with Crippen LogP contribution in [0.1, 0.15) is 16.6 Å². The molecule has 2 heterocycles. The smallest absolute Gasteiger partial charge is 0.353 e. The molecule has 2 aromatic heterocycles. The van der Waals surface area contributed by atoms with Gasteiger partial charge in [0, 0.05) is 6.07 Å². The van der Waals surface area contributed by atoms with Crippen LogP contribution in [0.5, 0.6) is 23.0 Å². The van der Waals surface area contributed by atoms with E-state index >= 15 is 0 Å². The summed E-state index contributed by atoms with van der Waals surface area (Å²) in [6, 6.07) is 15.1. The number of esters is 1. The molecule has 0 amide bonds. The summed E-state index contributed by atoms with van der Waals surface area (Å²) in [5.74, 6) is 0.810. The lowest BCUT2D eigenvalue weighted by molar-refractivity contribution is 0.0740. The standard InChI is InChI=1S/C22H16O6S/c1-2-25-16-6-3-4-7-17(16)28-19-13-26-18-12-14(9-10-15(18)21(19)23)27-22(24)20-8-5-11-29-20/h3-13H,2H2,1H3. The highest BCUT2D eigenvalue weighted by atomic mass is 32.1. The van der Waals surface area contributed by atoms with Gasteiger partial charge in [-0.05, 0) is 42.6 Å². The van der Waals surface area contributed by atoms with Crippen molar-refractivity contribution in [3.8, 4) is 23.0 Å². The van der Waals surface area contributed by atoms with Crippen LogP contribution in [0.4, 0.5) is 0 Å². The van der Waals surface area contributed by atoms with E-state index in [1.54, 1.807) is 47.8 Å². The molecule has 6 nitrogen and oxygen atoms in total. The Kier molecular flexibility index (Phi) is 5.31. The molecule has 0 atom stereocenters. The van der Waals surface area contributed by atoms with Crippen molar-refractivity contribution >= 4 is 28.3 Å². The summed E-state index contributed by atoms with van der Waals surface area (Å²) >= 11 is 1.29. The zero-order valence-electron chi connectivity index (χ0n) is 15.4. The number of hydrogen-bond acceptors (Lipinski definition) is 7. The lowest BCUT2D eigenvalue weighted by atomic mass is 10.2. The molecule has 2 aromatic carbocycles. The number of ether oxygens (including phenoxy) is 3. The number of carbonyl (C=O) groups excluding carboxylic acids is 1. The van der Waals surface area contributed by atoms with Crippen molar-refractivity contribution in [2.75, 3.05) is 6.61 Å². The molecule has 29 heavy (non-hydrogen) atoms. The summed E-state index contributed by atoms with van der Waals surface area (Å²) in [5.41, 5.74) is -0.0504. The first-order chi connectivity index (χ1) is 14.2. The lowest BCUT2D eigenvalue weighted by Gasteiger charge is -2.11. The van der Waals surface area contributed by atoms with E-state index in [2.05, 4.69) is 0 Å². The van der Waals surface area contributed by atoms with E-state index in [4.69, 9.17) is 18.6 Å². The van der Waals surface area contributed by atoms with Gasteiger partial charge in [-0.1, -0.05) is 18.2 Å². The van der Waals surface area contributed by atoms with Gasteiger partial charge in [-0.15, -0.1) is 11.3 Å². The van der Waals surface area contributed by atoms with Gasteiger partial charge in [-0.25, -0.2) is 4.79 Å². The second kappa shape index (κ2) is 8.20. The third-order valence-corrected chi connectivity index (χ3v) is 4.87. The van der Waals surface area contributed by atoms with Gasteiger partial charge in [0.2, 0.25) is 11.2 Å². The summed E-state index contributed by atoms with van der Waals surface area (Å²) in [5, 5.41) is 2.11. The molecule has 0 aliphatic carbocycles. The van der Waals surface area contributed by atoms with Gasteiger partial charge in [-0.2, -0.15) is 0 Å². The largest absolute Gasteiger partial charge is 0.490 e. The van der Waals surface area contributed by atoms with Gasteiger partial charge < -0.3 is 18.6 Å². The summed E-state index contributed by atoms with van der Waals surface area (Å²) in [7, 11) is 0. The Balaban J connectivity index is 1.61. The fraction of sp³-hybridized carbons (Fsp3) is 0.0909. The Morgan fingerprint density at radius 3 is 2.62 bits per heavy atom. The first-order valence-electron chi connectivity index (χ1n) is 8.86. The highest BCUT2D eigenvalue weighted by Crippen LogP contribution is 2.31. The molecule has 4 rings (SSSR count). The fourth-order valence-corrected chi connectivity index (χ4v) is 3.30. The van der Waals surface area contributed by atoms with Crippen LogP contribution in [-0.2, 0) is 0 Å². The molecule has 0 radical (unpaired) electrons. The SMILES string of the molecule is CCOc1ccccc1Oc1coc2cc(OC(=O)c3cccs3)ccc2c1=O. The first kappa shape index (κ1) is 18.8. The molecule has 7 heteroatoms. The number of benzene rings is 2. The Morgan fingerprint density at radius 2 is 1.86 bits per heavy atom. The molecule has 0 saturated heterocycles. The van der Waals surface area contributed by atoms with Crippen molar-refractivity contribution < 1.29 is 23.4 Å². The number of para-hydroxylation sites is 2. The van der Waals surface area contributed by atoms with Gasteiger partial charge in [0.1, 0.15) is 22.5 Å². The van der Waals surface area contributed by atoms with Crippen LogP contribution < -0.4 is 19.6 Å². The minimum absolute atomic E-state index is 0.0352. The zero-order chi connectivity index (χ0) is 20.2. The molecule has 0 fully saturated rings. The molecule has 0 bridgehead atoms. The number of fused-ring (bicyclic) bond motifs is 1. The maximum absolute atomic E-state index is 12.8. The summed E-state index contributed by atoms with van der Waals surface area (Å²) < 4.78 is 22.1. The molecule has 0 N–H and O–H groups in total. The molecule has 0 saturated carbocycles. The minimum Gasteiger partial charge on any atom is -0.490 e. The second-order valence-electron chi connectivity index (χ2n) is 5.94. The van der Waals surface area contributed by atoms with Gasteiger partial charge in [0.05, 0.1) is 12.0 Å². The van der Waals surface area contributed by atoms with Crippen LogP contribution in [0.25, 0.3) is 11.0 Å². The van der Waals surface area contributed by atoms with E-state index in [9.17, 15) is 9.59 Å². The Morgan fingerprint density at radius 1 is 1.03 bits per heavy atom. The molecule has 0 aliphatic heterocycles. The molecular formula is C22H16O6S. The summed E-state index contributed by atoms with van der Waals surface area (Å²) in [4.78, 5) is 25.4. The number of hydrogen-bond donors (Lipinski definition) is 0. The molecule has 4 aromatic rings. The van der Waals surface area contributed by atoms with Crippen LogP contribution >= 0.6 is 11.3 Å². The average Bonchev–Trinajstić information content (AvgIpc) is 3.27. The molecule has 0 unspecified atom stereocenters. The lowest BCUT2D eigenvalue weighted by Crippen LogP contribution is -2.08. The monoisotopic (exact) mass is 408 g/mol. The van der Waals surface area contributed by atoms with Crippen LogP contribution in [0, 0.1) is 0 Å². The zero-order valence-corrected chi connectivity index (χ0v) is 16.2. The van der Waals surface area contributed by atoms with Gasteiger partial charge in [0.15, 0.2) is 11.5 Å². The highest BCUT2D eigenvalue weighted by molar-refractivity contribution is 7.12. The highest BCUT2D eigenvalue weighted by Gasteiger charge is 2.14. The van der Waals surface area contributed by atoms with Gasteiger partial charge in [0.25, 0.3) is 0 Å². The Bertz CT molecular complexity index is 1210. The third kappa shape index (κ3) is 4.00. The quantitative estimate of drug-likeness (QED) is 0.320. The molecule has 146 valence electrons. The van der Waals surface area contributed by atoms with E-state index in [1.165, 1.54) is 23.7 Å². The van der Waals surface area contributed by atoms with E-state index in [0.717, 1.165) is 0 Å². The third-order valence-electron chi connectivity index (χ3n) is 4.02. The summed E-state index contributed by atoms with van der Waals surface area (Å²) in [6.07, 6.45) is 1.23. The molecule has 0 aliphatic rings. The first-order valence-corrected chi connectivity index (χ1v) is 9.74. The predicted molar refractivity (Wildman–Crippen MR) is 109 cm³/mol. The van der Waals surface area contributed by atoms with Crippen LogP contribution in [0.3, 0.4) is 0 Å². The van der Waals surface area contributed by atoms with Crippen molar-refractivity contribution in [3.05, 3.63) is 81.3 Å². The molecular weight excluding hydrogens is 392 g/mol. The van der Waals surface area contributed by atoms with Crippen LogP contribution in [0.15, 0.2) is 75.5 Å². The normalized spacial score (nSPS) is 10.7. The number of rotatable bonds is 6. The van der Waals surface area contributed by atoms with Gasteiger partial charge in [-0.3, -0.25) is 4.79 Å². The summed E-state index contributed by atoms with van der Waals surface area (Å²) in [6.45, 7) is 2.34. The number of thiophene rings is 1. The topological polar surface area (TPSA) is 75.0 Å². The van der Waals surface area contributed by atoms with E-state index < -0.39 is 5.97 Å². The van der Waals surface area contributed by atoms with Gasteiger partial charge >= 0.3 is 5.97 Å². The van der Waals surface area contributed by atoms with E-state index in [1.807, 2.05) is 13.0 Å². The maximum Gasteiger partial charge on any atom is 0.353 e. The van der Waals surface area contributed by atoms with Crippen molar-refractivity contribution in [3.63, 3.8) is 0 Å². The fourth-order valence-electron chi connectivity index (χ4n) is 2.70. The Hall–Kier alpha value is -3.58. The van der Waals surface area contributed by atoms with Crippen molar-refractivity contribution in [1.29, 1.82) is 0 Å². The van der Waals surface area contributed by atoms with Crippen molar-refractivity contribution in [2.45, 2.75) is 6.92 Å². The van der Waals surface area contributed by atoms with Crippen molar-refractivity contribution in [1.82, 2.24) is 0 Å². The second-order valence-corrected chi connectivity index (χ2v) is 6.88. The maximum atomic E-state index is 12.8. The molecule has 0 spiro atoms. The van der Waals surface area contributed by atoms with Crippen LogP contribution in [-0.4, -0.2) is 12.6 Å². The minimum atomic E-state index is -0.464. The predicted octanol–water partition coefficient (Wildman–Crippen LogP) is 5.26. The van der Waals surface area contributed by atoms with Crippen LogP contribution in [0.2, 0.25) is 0 Å². The average molecular weight is 408 g/mol. The van der Waals surface area contributed by atoms with E-state index in [0.29, 0.717) is 28.4 Å². The van der Waals surface area contributed by atoms with E-state index in [-0.39, 0.29) is 22.5 Å². The number of carbonyl (C=O) groups is 1. The Labute approximate surface area is 169 Å². The van der Waals surface area contributed by atoms with Crippen molar-refractivity contribution in [2.24, 2.45) is 0 Å².